The molecule has 0 unspecified atom stereocenters. The van der Waals surface area contributed by atoms with Crippen LogP contribution in [0.15, 0.2) is 52.9 Å². The van der Waals surface area contributed by atoms with E-state index in [1.807, 2.05) is 66.8 Å². The molecule has 0 saturated carbocycles. The third kappa shape index (κ3) is 4.28. The van der Waals surface area contributed by atoms with Crippen LogP contribution in [0.2, 0.25) is 0 Å². The summed E-state index contributed by atoms with van der Waals surface area (Å²) in [7, 11) is 0. The number of anilines is 1. The van der Waals surface area contributed by atoms with Gasteiger partial charge in [-0.15, -0.1) is 23.5 Å². The Balaban J connectivity index is 1.38. The van der Waals surface area contributed by atoms with E-state index in [0.29, 0.717) is 11.1 Å². The first kappa shape index (κ1) is 18.3. The fourth-order valence-corrected chi connectivity index (χ4v) is 6.05. The Morgan fingerprint density at radius 1 is 1.15 bits per heavy atom. The lowest BCUT2D eigenvalue weighted by Crippen LogP contribution is -2.28. The van der Waals surface area contributed by atoms with Gasteiger partial charge >= 0.3 is 6.03 Å². The molecule has 2 amide bonds. The Morgan fingerprint density at radius 3 is 2.78 bits per heavy atom. The van der Waals surface area contributed by atoms with Crippen molar-refractivity contribution in [1.82, 2.24) is 5.32 Å². The number of amides is 2. The van der Waals surface area contributed by atoms with Gasteiger partial charge < -0.3 is 15.1 Å². The summed E-state index contributed by atoms with van der Waals surface area (Å²) >= 11 is 3.95. The second-order valence-corrected chi connectivity index (χ2v) is 9.23. The summed E-state index contributed by atoms with van der Waals surface area (Å²) < 4.78 is 6.31. The van der Waals surface area contributed by atoms with Gasteiger partial charge in [-0.1, -0.05) is 30.3 Å². The predicted octanol–water partition coefficient (Wildman–Crippen LogP) is 5.93. The number of carbonyl (C=O) groups is 1. The van der Waals surface area contributed by atoms with Crippen molar-refractivity contribution < 1.29 is 9.21 Å². The highest BCUT2D eigenvalue weighted by Crippen LogP contribution is 2.44. The molecule has 4 nitrogen and oxygen atoms in total. The lowest BCUT2D eigenvalue weighted by atomic mass is 10.1. The van der Waals surface area contributed by atoms with Crippen LogP contribution in [0, 0.1) is 6.92 Å². The summed E-state index contributed by atoms with van der Waals surface area (Å²) in [5.41, 5.74) is 4.00. The molecule has 2 N–H and O–H groups in total. The third-order valence-corrected chi connectivity index (χ3v) is 7.61. The minimum absolute atomic E-state index is 0.226. The van der Waals surface area contributed by atoms with Crippen molar-refractivity contribution in [3.05, 3.63) is 65.4 Å². The Kier molecular flexibility index (Phi) is 5.64. The summed E-state index contributed by atoms with van der Waals surface area (Å²) in [6, 6.07) is 15.8. The molecule has 2 heterocycles. The fourth-order valence-electron chi connectivity index (χ4n) is 3.17. The summed E-state index contributed by atoms with van der Waals surface area (Å²) in [5, 5.41) is 6.92. The summed E-state index contributed by atoms with van der Waals surface area (Å²) in [4.78, 5) is 12.3. The number of benzene rings is 2. The number of nitrogens with one attached hydrogen (secondary N) is 2. The normalized spacial score (nSPS) is 15.0. The topological polar surface area (TPSA) is 54.3 Å². The second kappa shape index (κ2) is 8.31. The molecular weight excluding hydrogens is 376 g/mol. The Hall–Kier alpha value is -2.05. The van der Waals surface area contributed by atoms with Crippen molar-refractivity contribution in [3.8, 4) is 0 Å². The second-order valence-electron chi connectivity index (χ2n) is 6.51. The molecule has 4 rings (SSSR count). The number of hydrogen-bond donors (Lipinski definition) is 2. The van der Waals surface area contributed by atoms with Crippen LogP contribution in [0.25, 0.3) is 11.0 Å². The molecule has 0 radical (unpaired) electrons. The zero-order chi connectivity index (χ0) is 18.6. The number of aryl methyl sites for hydroxylation is 1. The Morgan fingerprint density at radius 2 is 1.96 bits per heavy atom. The van der Waals surface area contributed by atoms with Gasteiger partial charge in [-0.25, -0.2) is 4.79 Å². The number of furan rings is 1. The summed E-state index contributed by atoms with van der Waals surface area (Å²) in [6.45, 7) is 2.38. The van der Waals surface area contributed by atoms with Gasteiger partial charge in [0.25, 0.3) is 0 Å². The number of carbonyl (C=O) groups excluding carboxylic acids is 1. The van der Waals surface area contributed by atoms with Gasteiger partial charge in [0, 0.05) is 16.6 Å². The monoisotopic (exact) mass is 398 g/mol. The van der Waals surface area contributed by atoms with Gasteiger partial charge in [0.15, 0.2) is 0 Å². The van der Waals surface area contributed by atoms with Gasteiger partial charge in [-0.05, 0) is 48.6 Å². The van der Waals surface area contributed by atoms with E-state index >= 15 is 0 Å². The highest BCUT2D eigenvalue weighted by atomic mass is 32.2. The minimum atomic E-state index is -0.226. The molecule has 6 heteroatoms. The Labute approximate surface area is 167 Å². The first-order chi connectivity index (χ1) is 13.2. The van der Waals surface area contributed by atoms with Gasteiger partial charge in [0.2, 0.25) is 0 Å². The standard InChI is InChI=1S/C21H22N2O2S2/c1-14-17-8-2-3-9-18(17)25-19(14)13-22-21(24)23-16-7-4-6-15(12-16)20-26-10-5-11-27-20/h2-4,6-9,12,20H,5,10-11,13H2,1H3,(H2,22,23,24). The molecule has 0 aliphatic carbocycles. The van der Waals surface area contributed by atoms with Crippen LogP contribution in [-0.4, -0.2) is 17.5 Å². The number of hydrogen-bond acceptors (Lipinski definition) is 4. The van der Waals surface area contributed by atoms with Crippen LogP contribution < -0.4 is 10.6 Å². The van der Waals surface area contributed by atoms with Crippen LogP contribution in [-0.2, 0) is 6.54 Å². The van der Waals surface area contributed by atoms with E-state index in [1.165, 1.54) is 23.5 Å². The van der Waals surface area contributed by atoms with Crippen molar-refractivity contribution in [2.45, 2.75) is 24.5 Å². The zero-order valence-corrected chi connectivity index (χ0v) is 16.8. The predicted molar refractivity (Wildman–Crippen MR) is 116 cm³/mol. The number of para-hydroxylation sites is 1. The van der Waals surface area contributed by atoms with E-state index in [4.69, 9.17) is 4.42 Å². The zero-order valence-electron chi connectivity index (χ0n) is 15.2. The van der Waals surface area contributed by atoms with E-state index in [9.17, 15) is 4.79 Å². The maximum atomic E-state index is 12.3. The van der Waals surface area contributed by atoms with Crippen LogP contribution in [0.1, 0.15) is 27.9 Å². The molecule has 1 saturated heterocycles. The van der Waals surface area contributed by atoms with Crippen LogP contribution in [0.4, 0.5) is 10.5 Å². The average Bonchev–Trinajstić information content (AvgIpc) is 3.03. The Bertz CT molecular complexity index is 948. The van der Waals surface area contributed by atoms with Crippen molar-refractivity contribution >= 4 is 46.2 Å². The van der Waals surface area contributed by atoms with Crippen LogP contribution in [0.3, 0.4) is 0 Å². The van der Waals surface area contributed by atoms with Crippen molar-refractivity contribution in [1.29, 1.82) is 0 Å². The van der Waals surface area contributed by atoms with Gasteiger partial charge in [-0.2, -0.15) is 0 Å². The van der Waals surface area contributed by atoms with Crippen molar-refractivity contribution in [3.63, 3.8) is 0 Å². The first-order valence-corrected chi connectivity index (χ1v) is 11.2. The van der Waals surface area contributed by atoms with Crippen LogP contribution in [0.5, 0.6) is 0 Å². The van der Waals surface area contributed by atoms with Crippen LogP contribution >= 0.6 is 23.5 Å². The smallest absolute Gasteiger partial charge is 0.319 e. The largest absolute Gasteiger partial charge is 0.459 e. The lowest BCUT2D eigenvalue weighted by molar-refractivity contribution is 0.251. The molecule has 1 aliphatic rings. The first-order valence-electron chi connectivity index (χ1n) is 9.06. The molecule has 140 valence electrons. The number of rotatable bonds is 4. The van der Waals surface area contributed by atoms with Gasteiger partial charge in [0.1, 0.15) is 11.3 Å². The fraction of sp³-hybridized carbons (Fsp3) is 0.286. The third-order valence-electron chi connectivity index (χ3n) is 4.60. The molecule has 0 spiro atoms. The minimum Gasteiger partial charge on any atom is -0.459 e. The van der Waals surface area contributed by atoms with E-state index in [0.717, 1.165) is 28.0 Å². The van der Waals surface area contributed by atoms with E-state index in [2.05, 4.69) is 22.8 Å². The van der Waals surface area contributed by atoms with E-state index in [1.54, 1.807) is 0 Å². The molecule has 3 aromatic rings. The maximum absolute atomic E-state index is 12.3. The molecule has 1 aliphatic heterocycles. The van der Waals surface area contributed by atoms with E-state index < -0.39 is 0 Å². The molecule has 27 heavy (non-hydrogen) atoms. The maximum Gasteiger partial charge on any atom is 0.319 e. The van der Waals surface area contributed by atoms with Gasteiger partial charge in [0.05, 0.1) is 11.1 Å². The molecule has 1 fully saturated rings. The highest BCUT2D eigenvalue weighted by Gasteiger charge is 2.17. The highest BCUT2D eigenvalue weighted by molar-refractivity contribution is 8.16. The molecule has 0 atom stereocenters. The van der Waals surface area contributed by atoms with Crippen molar-refractivity contribution in [2.75, 3.05) is 16.8 Å². The summed E-state index contributed by atoms with van der Waals surface area (Å²) in [6.07, 6.45) is 1.27. The van der Waals surface area contributed by atoms with Gasteiger partial charge in [-0.3, -0.25) is 0 Å². The quantitative estimate of drug-likeness (QED) is 0.572. The molecule has 1 aromatic heterocycles. The SMILES string of the molecule is Cc1c(CNC(=O)Nc2cccc(C3SCCCS3)c2)oc2ccccc12. The average molecular weight is 399 g/mol. The molecule has 0 bridgehead atoms. The van der Waals surface area contributed by atoms with E-state index in [-0.39, 0.29) is 6.03 Å². The number of fused-ring (bicyclic) bond motifs is 1. The molecular formula is C21H22N2O2S2. The molecule has 2 aromatic carbocycles. The summed E-state index contributed by atoms with van der Waals surface area (Å²) in [5.74, 6) is 3.19. The lowest BCUT2D eigenvalue weighted by Gasteiger charge is -2.21. The van der Waals surface area contributed by atoms with Crippen molar-refractivity contribution in [2.24, 2.45) is 0 Å². The number of thioether (sulfide) groups is 2. The number of urea groups is 1.